The molecule has 5 nitrogen and oxygen atoms in total. The zero-order chi connectivity index (χ0) is 17.8. The third kappa shape index (κ3) is 3.71. The molecule has 0 N–H and O–H groups in total. The summed E-state index contributed by atoms with van der Waals surface area (Å²) in [6, 6.07) is 10.1. The second kappa shape index (κ2) is 7.74. The molecule has 1 aliphatic rings. The average molecular weight is 339 g/mol. The molecule has 0 bridgehead atoms. The van der Waals surface area contributed by atoms with Gasteiger partial charge in [0.25, 0.3) is 0 Å². The predicted octanol–water partition coefficient (Wildman–Crippen LogP) is 3.86. The van der Waals surface area contributed by atoms with Crippen LogP contribution in [0.2, 0.25) is 0 Å². The van der Waals surface area contributed by atoms with Crippen LogP contribution in [0.3, 0.4) is 0 Å². The van der Waals surface area contributed by atoms with Gasteiger partial charge in [0.05, 0.1) is 30.1 Å². The van der Waals surface area contributed by atoms with Crippen LogP contribution < -0.4 is 0 Å². The third-order valence-corrected chi connectivity index (χ3v) is 4.90. The van der Waals surface area contributed by atoms with E-state index >= 15 is 0 Å². The number of hydrogen-bond donors (Lipinski definition) is 0. The summed E-state index contributed by atoms with van der Waals surface area (Å²) in [7, 11) is 2.13. The minimum atomic E-state index is -0.361. The number of nitrogens with zero attached hydrogens (tertiary/aromatic N) is 3. The lowest BCUT2D eigenvalue weighted by Gasteiger charge is -2.39. The van der Waals surface area contributed by atoms with Gasteiger partial charge in [-0.3, -0.25) is 9.88 Å². The molecular formula is C20H25N3O2. The van der Waals surface area contributed by atoms with Crippen molar-refractivity contribution < 1.29 is 9.53 Å². The van der Waals surface area contributed by atoms with E-state index in [0.29, 0.717) is 12.3 Å². The number of carbonyl (C=O) groups is 1. The molecule has 132 valence electrons. The monoisotopic (exact) mass is 339 g/mol. The zero-order valence-corrected chi connectivity index (χ0v) is 15.1. The quantitative estimate of drug-likeness (QED) is 0.792. The van der Waals surface area contributed by atoms with Crippen molar-refractivity contribution in [2.45, 2.75) is 45.2 Å². The summed E-state index contributed by atoms with van der Waals surface area (Å²) in [5, 5.41) is 0. The van der Waals surface area contributed by atoms with Gasteiger partial charge in [-0.05, 0) is 63.9 Å². The fraction of sp³-hybridized carbons (Fsp3) is 0.450. The first-order chi connectivity index (χ1) is 12.1. The van der Waals surface area contributed by atoms with Crippen molar-refractivity contribution in [3.05, 3.63) is 59.2 Å². The Hall–Kier alpha value is -2.27. The minimum Gasteiger partial charge on any atom is -0.461 e. The number of pyridine rings is 2. The third-order valence-electron chi connectivity index (χ3n) is 4.90. The number of esters is 1. The van der Waals surface area contributed by atoms with Gasteiger partial charge in [-0.1, -0.05) is 12.1 Å². The van der Waals surface area contributed by atoms with E-state index in [1.165, 1.54) is 5.56 Å². The summed E-state index contributed by atoms with van der Waals surface area (Å²) in [4.78, 5) is 23.5. The number of rotatable bonds is 4. The lowest BCUT2D eigenvalue weighted by atomic mass is 9.90. The number of carbonyl (C=O) groups excluding carboxylic acids is 1. The predicted molar refractivity (Wildman–Crippen MR) is 96.3 cm³/mol. The number of piperidine rings is 1. The Morgan fingerprint density at radius 1 is 1.24 bits per heavy atom. The van der Waals surface area contributed by atoms with Crippen LogP contribution in [0.25, 0.3) is 0 Å². The fourth-order valence-corrected chi connectivity index (χ4v) is 3.62. The van der Waals surface area contributed by atoms with Crippen molar-refractivity contribution >= 4 is 5.97 Å². The van der Waals surface area contributed by atoms with E-state index in [1.807, 2.05) is 24.4 Å². The lowest BCUT2D eigenvalue weighted by Crippen LogP contribution is -2.34. The van der Waals surface area contributed by atoms with Crippen LogP contribution in [0.1, 0.15) is 65.7 Å². The molecule has 3 rings (SSSR count). The van der Waals surface area contributed by atoms with E-state index in [-0.39, 0.29) is 18.1 Å². The van der Waals surface area contributed by atoms with Crippen LogP contribution in [0.4, 0.5) is 0 Å². The van der Waals surface area contributed by atoms with Crippen LogP contribution in [0, 0.1) is 6.92 Å². The van der Waals surface area contributed by atoms with Gasteiger partial charge in [0.2, 0.25) is 0 Å². The van der Waals surface area contributed by atoms with E-state index in [4.69, 9.17) is 4.74 Å². The van der Waals surface area contributed by atoms with Crippen molar-refractivity contribution in [3.8, 4) is 0 Å². The molecule has 5 heteroatoms. The number of ether oxygens (including phenoxy) is 1. The first-order valence-electron chi connectivity index (χ1n) is 8.89. The molecule has 0 radical (unpaired) electrons. The van der Waals surface area contributed by atoms with Crippen molar-refractivity contribution in [2.24, 2.45) is 0 Å². The highest BCUT2D eigenvalue weighted by Crippen LogP contribution is 2.39. The molecular weight excluding hydrogens is 314 g/mol. The van der Waals surface area contributed by atoms with Gasteiger partial charge >= 0.3 is 5.97 Å². The Labute approximate surface area is 149 Å². The molecule has 1 aliphatic heterocycles. The molecule has 0 saturated carbocycles. The summed E-state index contributed by atoms with van der Waals surface area (Å²) in [5.74, 6) is -0.361. The molecule has 2 aromatic heterocycles. The molecule has 0 aliphatic carbocycles. The van der Waals surface area contributed by atoms with Crippen LogP contribution in [0.15, 0.2) is 36.5 Å². The summed E-state index contributed by atoms with van der Waals surface area (Å²) in [5.41, 5.74) is 3.65. The van der Waals surface area contributed by atoms with Crippen LogP contribution in [-0.4, -0.2) is 34.5 Å². The molecule has 0 unspecified atom stereocenters. The Balaban J connectivity index is 1.86. The van der Waals surface area contributed by atoms with Gasteiger partial charge in [0, 0.05) is 6.20 Å². The SMILES string of the molecule is CCOC(=O)c1cccc([C@H]2CCC[C@@H](c3ncccc3C)N2C)n1. The summed E-state index contributed by atoms with van der Waals surface area (Å²) in [6.07, 6.45) is 5.08. The van der Waals surface area contributed by atoms with Gasteiger partial charge in [0.1, 0.15) is 5.69 Å². The van der Waals surface area contributed by atoms with E-state index < -0.39 is 0 Å². The smallest absolute Gasteiger partial charge is 0.356 e. The molecule has 3 heterocycles. The average Bonchev–Trinajstić information content (AvgIpc) is 2.63. The van der Waals surface area contributed by atoms with Crippen molar-refractivity contribution in [1.82, 2.24) is 14.9 Å². The van der Waals surface area contributed by atoms with E-state index in [0.717, 1.165) is 30.7 Å². The molecule has 0 spiro atoms. The zero-order valence-electron chi connectivity index (χ0n) is 15.1. The van der Waals surface area contributed by atoms with Crippen molar-refractivity contribution in [2.75, 3.05) is 13.7 Å². The number of likely N-dealkylation sites (tertiary alicyclic amines) is 1. The lowest BCUT2D eigenvalue weighted by molar-refractivity contribution is 0.0517. The highest BCUT2D eigenvalue weighted by Gasteiger charge is 2.32. The Bertz CT molecular complexity index is 747. The molecule has 2 aromatic rings. The largest absolute Gasteiger partial charge is 0.461 e. The molecule has 1 fully saturated rings. The Morgan fingerprint density at radius 3 is 2.80 bits per heavy atom. The van der Waals surface area contributed by atoms with E-state index in [1.54, 1.807) is 13.0 Å². The summed E-state index contributed by atoms with van der Waals surface area (Å²) in [6.45, 7) is 4.27. The highest BCUT2D eigenvalue weighted by molar-refractivity contribution is 5.87. The first-order valence-corrected chi connectivity index (χ1v) is 8.89. The molecule has 25 heavy (non-hydrogen) atoms. The topological polar surface area (TPSA) is 55.3 Å². The van der Waals surface area contributed by atoms with Gasteiger partial charge in [0.15, 0.2) is 0 Å². The maximum absolute atomic E-state index is 12.0. The van der Waals surface area contributed by atoms with Crippen LogP contribution >= 0.6 is 0 Å². The fourth-order valence-electron chi connectivity index (χ4n) is 3.62. The maximum Gasteiger partial charge on any atom is 0.356 e. The molecule has 0 amide bonds. The van der Waals surface area contributed by atoms with Crippen molar-refractivity contribution in [3.63, 3.8) is 0 Å². The Kier molecular flexibility index (Phi) is 5.43. The molecule has 2 atom stereocenters. The Morgan fingerprint density at radius 2 is 2.04 bits per heavy atom. The number of aromatic nitrogens is 2. The standard InChI is InChI=1S/C20H25N3O2/c1-4-25-20(24)16-10-5-9-15(22-16)17-11-6-12-18(23(17)3)19-14(2)8-7-13-21-19/h5,7-10,13,17-18H,4,6,11-12H2,1-3H3/t17-,18+/m1/s1. The number of aryl methyl sites for hydroxylation is 1. The molecule has 0 aromatic carbocycles. The second-order valence-corrected chi connectivity index (χ2v) is 6.50. The summed E-state index contributed by atoms with van der Waals surface area (Å²) >= 11 is 0. The minimum absolute atomic E-state index is 0.175. The van der Waals surface area contributed by atoms with Gasteiger partial charge < -0.3 is 4.74 Å². The van der Waals surface area contributed by atoms with Gasteiger partial charge in [-0.15, -0.1) is 0 Å². The maximum atomic E-state index is 12.0. The first kappa shape index (κ1) is 17.5. The summed E-state index contributed by atoms with van der Waals surface area (Å²) < 4.78 is 5.08. The van der Waals surface area contributed by atoms with Gasteiger partial charge in [-0.2, -0.15) is 0 Å². The normalized spacial score (nSPS) is 21.1. The molecule has 1 saturated heterocycles. The van der Waals surface area contributed by atoms with E-state index in [2.05, 4.69) is 34.9 Å². The van der Waals surface area contributed by atoms with Crippen LogP contribution in [-0.2, 0) is 4.74 Å². The van der Waals surface area contributed by atoms with Gasteiger partial charge in [-0.25, -0.2) is 9.78 Å². The van der Waals surface area contributed by atoms with Crippen molar-refractivity contribution in [1.29, 1.82) is 0 Å². The number of hydrogen-bond acceptors (Lipinski definition) is 5. The van der Waals surface area contributed by atoms with Crippen LogP contribution in [0.5, 0.6) is 0 Å². The van der Waals surface area contributed by atoms with E-state index in [9.17, 15) is 4.79 Å². The second-order valence-electron chi connectivity index (χ2n) is 6.50. The highest BCUT2D eigenvalue weighted by atomic mass is 16.5.